The number of halogens is 1. The topological polar surface area (TPSA) is 64.9 Å². The Balaban J connectivity index is 1.89. The summed E-state index contributed by atoms with van der Waals surface area (Å²) in [5.41, 5.74) is 1.59. The molecular weight excluding hydrogens is 349 g/mol. The van der Waals surface area contributed by atoms with Crippen molar-refractivity contribution in [2.45, 2.75) is 52.6 Å². The van der Waals surface area contributed by atoms with Gasteiger partial charge in [-0.05, 0) is 45.7 Å². The number of amides is 1. The molecule has 27 heavy (non-hydrogen) atoms. The Bertz CT molecular complexity index is 793. The maximum absolute atomic E-state index is 13.1. The number of aryl methyl sites for hydroxylation is 1. The molecule has 0 aromatic carbocycles. The smallest absolute Gasteiger partial charge is 0.407 e. The maximum Gasteiger partial charge on any atom is 0.407 e. The number of carbonyl (C=O) groups is 1. The number of pyridine rings is 1. The maximum atomic E-state index is 13.1. The molecule has 0 unspecified atom stereocenters. The van der Waals surface area contributed by atoms with Crippen LogP contribution in [-0.4, -0.2) is 34.2 Å². The molecule has 0 saturated heterocycles. The van der Waals surface area contributed by atoms with E-state index in [1.54, 1.807) is 26.8 Å². The Kier molecular flexibility index (Phi) is 7.21. The lowest BCUT2D eigenvalue weighted by molar-refractivity contribution is 0.0531. The van der Waals surface area contributed by atoms with Crippen LogP contribution in [0.15, 0.2) is 36.4 Å². The van der Waals surface area contributed by atoms with Crippen molar-refractivity contribution in [2.75, 3.05) is 13.2 Å². The van der Waals surface area contributed by atoms with Crippen molar-refractivity contribution in [1.82, 2.24) is 14.7 Å². The number of imidazole rings is 1. The molecule has 2 rings (SSSR count). The molecule has 2 heterocycles. The van der Waals surface area contributed by atoms with Gasteiger partial charge in [0.05, 0.1) is 18.2 Å². The van der Waals surface area contributed by atoms with Crippen LogP contribution < -0.4 is 10.1 Å². The molecule has 7 heteroatoms. The van der Waals surface area contributed by atoms with Crippen LogP contribution in [0.3, 0.4) is 0 Å². The van der Waals surface area contributed by atoms with Crippen molar-refractivity contribution in [3.8, 4) is 5.75 Å². The zero-order valence-corrected chi connectivity index (χ0v) is 16.4. The number of unbranched alkanes of at least 4 members (excludes halogenated alkanes) is 1. The van der Waals surface area contributed by atoms with Gasteiger partial charge in [-0.15, -0.1) is 0 Å². The van der Waals surface area contributed by atoms with E-state index in [4.69, 9.17) is 9.47 Å². The molecule has 1 amide bonds. The Morgan fingerprint density at radius 2 is 2.11 bits per heavy atom. The summed E-state index contributed by atoms with van der Waals surface area (Å²) < 4.78 is 25.7. The van der Waals surface area contributed by atoms with E-state index in [0.717, 1.165) is 30.6 Å². The third kappa shape index (κ3) is 6.92. The lowest BCUT2D eigenvalue weighted by atomic mass is 10.2. The van der Waals surface area contributed by atoms with Crippen molar-refractivity contribution in [1.29, 1.82) is 0 Å². The average molecular weight is 377 g/mol. The third-order valence-corrected chi connectivity index (χ3v) is 3.70. The van der Waals surface area contributed by atoms with Gasteiger partial charge in [0.1, 0.15) is 23.6 Å². The zero-order valence-electron chi connectivity index (χ0n) is 16.4. The molecule has 0 saturated carbocycles. The fraction of sp³-hybridized carbons (Fsp3) is 0.500. The molecule has 0 radical (unpaired) electrons. The first-order valence-electron chi connectivity index (χ1n) is 9.16. The second-order valence-electron chi connectivity index (χ2n) is 7.38. The first-order chi connectivity index (χ1) is 12.8. The summed E-state index contributed by atoms with van der Waals surface area (Å²) in [5.74, 6) is 0.596. The minimum Gasteiger partial charge on any atom is -0.488 e. The number of hydrogen-bond acceptors (Lipinski definition) is 4. The highest BCUT2D eigenvalue weighted by molar-refractivity contribution is 5.68. The van der Waals surface area contributed by atoms with Gasteiger partial charge < -0.3 is 19.2 Å². The van der Waals surface area contributed by atoms with Crippen LogP contribution in [0.1, 0.15) is 46.2 Å². The van der Waals surface area contributed by atoms with E-state index < -0.39 is 11.7 Å². The third-order valence-electron chi connectivity index (χ3n) is 3.70. The number of nitrogens with zero attached hydrogens (tertiary/aromatic N) is 2. The van der Waals surface area contributed by atoms with Gasteiger partial charge in [0, 0.05) is 18.3 Å². The van der Waals surface area contributed by atoms with Gasteiger partial charge in [0.15, 0.2) is 0 Å². The van der Waals surface area contributed by atoms with Crippen molar-refractivity contribution >= 4 is 11.7 Å². The zero-order chi connectivity index (χ0) is 19.9. The van der Waals surface area contributed by atoms with E-state index in [1.165, 1.54) is 0 Å². The Morgan fingerprint density at radius 3 is 2.78 bits per heavy atom. The van der Waals surface area contributed by atoms with E-state index in [9.17, 15) is 9.18 Å². The first kappa shape index (κ1) is 20.7. The lowest BCUT2D eigenvalue weighted by Gasteiger charge is -2.20. The molecule has 1 N–H and O–H groups in total. The number of hydrogen-bond donors (Lipinski definition) is 1. The molecule has 0 atom stereocenters. The minimum atomic E-state index is -0.601. The number of ether oxygens (including phenoxy) is 2. The van der Waals surface area contributed by atoms with Crippen molar-refractivity contribution < 1.29 is 18.7 Å². The first-order valence-corrected chi connectivity index (χ1v) is 9.16. The molecule has 148 valence electrons. The van der Waals surface area contributed by atoms with Crippen LogP contribution in [0.4, 0.5) is 9.18 Å². The highest BCUT2D eigenvalue weighted by Gasteiger charge is 2.16. The molecule has 2 aromatic rings. The number of nitrogens with one attached hydrogen (secondary N) is 1. The van der Waals surface area contributed by atoms with Gasteiger partial charge in [-0.2, -0.15) is 0 Å². The van der Waals surface area contributed by atoms with Crippen LogP contribution >= 0.6 is 0 Å². The highest BCUT2D eigenvalue weighted by Crippen LogP contribution is 2.16. The molecule has 0 fully saturated rings. The van der Waals surface area contributed by atoms with Gasteiger partial charge in [0.25, 0.3) is 0 Å². The minimum absolute atomic E-state index is 0.0138. The predicted molar refractivity (Wildman–Crippen MR) is 103 cm³/mol. The summed E-state index contributed by atoms with van der Waals surface area (Å²) in [6.45, 7) is 7.48. The van der Waals surface area contributed by atoms with Gasteiger partial charge in [0.2, 0.25) is 0 Å². The number of carbonyl (C=O) groups excluding carboxylic acids is 1. The number of aromatic nitrogens is 2. The monoisotopic (exact) mass is 377 g/mol. The summed E-state index contributed by atoms with van der Waals surface area (Å²) in [4.78, 5) is 16.2. The van der Waals surface area contributed by atoms with Crippen LogP contribution in [0.2, 0.25) is 0 Å². The standard InChI is InChI=1S/C20H28FN3O3/c1-5-6-7-16-12-24-13-17(8-9-18(24)23-16)26-14-15(10-21)11-22-19(25)27-20(2,3)4/h8-10,12-13H,5-7,11,14H2,1-4H3,(H,22,25). The van der Waals surface area contributed by atoms with Crippen LogP contribution in [0.25, 0.3) is 5.65 Å². The van der Waals surface area contributed by atoms with Crippen LogP contribution in [-0.2, 0) is 11.2 Å². The fourth-order valence-electron chi connectivity index (χ4n) is 2.38. The summed E-state index contributed by atoms with van der Waals surface area (Å²) in [6.07, 6.45) is 6.81. The van der Waals surface area contributed by atoms with E-state index in [0.29, 0.717) is 17.7 Å². The van der Waals surface area contributed by atoms with Gasteiger partial charge in [-0.25, -0.2) is 14.2 Å². The largest absolute Gasteiger partial charge is 0.488 e. The SMILES string of the molecule is CCCCc1cn2cc(OCC(=CF)CNC(=O)OC(C)(C)C)ccc2n1. The number of fused-ring (bicyclic) bond motifs is 1. The van der Waals surface area contributed by atoms with Gasteiger partial charge in [-0.3, -0.25) is 0 Å². The molecule has 0 aliphatic rings. The summed E-state index contributed by atoms with van der Waals surface area (Å²) in [7, 11) is 0. The van der Waals surface area contributed by atoms with Gasteiger partial charge >= 0.3 is 6.09 Å². The van der Waals surface area contributed by atoms with E-state index >= 15 is 0 Å². The van der Waals surface area contributed by atoms with Crippen molar-refractivity contribution in [3.05, 3.63) is 42.1 Å². The highest BCUT2D eigenvalue weighted by atomic mass is 19.1. The average Bonchev–Trinajstić information content (AvgIpc) is 3.00. The molecule has 0 bridgehead atoms. The fourth-order valence-corrected chi connectivity index (χ4v) is 2.38. The molecule has 0 spiro atoms. The summed E-state index contributed by atoms with van der Waals surface area (Å²) in [5, 5.41) is 2.51. The van der Waals surface area contributed by atoms with E-state index in [1.807, 2.05) is 22.9 Å². The van der Waals surface area contributed by atoms with Gasteiger partial charge in [-0.1, -0.05) is 13.3 Å². The van der Waals surface area contributed by atoms with E-state index in [-0.39, 0.29) is 13.2 Å². The summed E-state index contributed by atoms with van der Waals surface area (Å²) >= 11 is 0. The van der Waals surface area contributed by atoms with Crippen LogP contribution in [0, 0.1) is 0 Å². The molecule has 0 aliphatic heterocycles. The van der Waals surface area contributed by atoms with Crippen molar-refractivity contribution in [3.63, 3.8) is 0 Å². The van der Waals surface area contributed by atoms with Crippen molar-refractivity contribution in [2.24, 2.45) is 0 Å². The number of alkyl carbamates (subject to hydrolysis) is 1. The quantitative estimate of drug-likeness (QED) is 0.739. The predicted octanol–water partition coefficient (Wildman–Crippen LogP) is 4.43. The Labute approximate surface area is 159 Å². The van der Waals surface area contributed by atoms with E-state index in [2.05, 4.69) is 17.2 Å². The molecule has 6 nitrogen and oxygen atoms in total. The second kappa shape index (κ2) is 9.39. The number of rotatable bonds is 8. The second-order valence-corrected chi connectivity index (χ2v) is 7.38. The normalized spacial score (nSPS) is 12.3. The Hall–Kier alpha value is -2.57. The molecule has 2 aromatic heterocycles. The lowest BCUT2D eigenvalue weighted by Crippen LogP contribution is -2.34. The Morgan fingerprint density at radius 1 is 1.33 bits per heavy atom. The summed E-state index contributed by atoms with van der Waals surface area (Å²) in [6, 6.07) is 3.66. The molecule has 0 aliphatic carbocycles. The molecular formula is C20H28FN3O3. The van der Waals surface area contributed by atoms with Crippen LogP contribution in [0.5, 0.6) is 5.75 Å².